The number of benzene rings is 2. The van der Waals surface area contributed by atoms with Crippen molar-refractivity contribution in [2.45, 2.75) is 64.4 Å². The van der Waals surface area contributed by atoms with Crippen molar-refractivity contribution in [3.63, 3.8) is 0 Å². The molecule has 5 atom stereocenters. The number of nitrogens with zero attached hydrogens (tertiary/aromatic N) is 1. The fraction of sp³-hybridized carbons (Fsp3) is 0.452. The van der Waals surface area contributed by atoms with Gasteiger partial charge in [0.05, 0.1) is 23.8 Å². The third-order valence-electron chi connectivity index (χ3n) is 6.73. The SMILES string of the molecule is CC1C#Cc2ccccc2OCCNC(C(C)C)C(=O)N(C)C(C(C)O)C(=O)NC(Cc2ccccc2)C(=O)N1. The standard InChI is InChI=1S/C31H40N4O5/c1-20(2)27-31(39)35(5)28(22(4)36)30(38)34-25(19-23-11-7-6-8-12-23)29(37)33-21(3)15-16-24-13-9-10-14-26(24)40-18-17-32-27/h6-14,20-22,25,27-28,32,36H,17-19H2,1-5H3,(H,33,37)(H,34,38). The molecule has 0 aromatic heterocycles. The first kappa shape index (κ1) is 30.7. The van der Waals surface area contributed by atoms with Gasteiger partial charge in [-0.15, -0.1) is 0 Å². The first-order valence-electron chi connectivity index (χ1n) is 13.6. The van der Waals surface area contributed by atoms with Crippen molar-refractivity contribution in [2.75, 3.05) is 20.2 Å². The Balaban J connectivity index is 1.99. The van der Waals surface area contributed by atoms with Crippen LogP contribution in [0.5, 0.6) is 5.75 Å². The number of aliphatic hydroxyl groups excluding tert-OH is 1. The molecule has 3 amide bonds. The van der Waals surface area contributed by atoms with Crippen LogP contribution in [-0.2, 0) is 20.8 Å². The molecule has 0 fully saturated rings. The van der Waals surface area contributed by atoms with Crippen molar-refractivity contribution < 1.29 is 24.2 Å². The lowest BCUT2D eigenvalue weighted by atomic mass is 10.00. The average molecular weight is 549 g/mol. The first-order chi connectivity index (χ1) is 19.1. The van der Waals surface area contributed by atoms with E-state index in [-0.39, 0.29) is 24.9 Å². The molecule has 0 saturated heterocycles. The number of hydrogen-bond acceptors (Lipinski definition) is 6. The van der Waals surface area contributed by atoms with Crippen molar-refractivity contribution in [3.8, 4) is 17.6 Å². The molecule has 9 nitrogen and oxygen atoms in total. The molecule has 2 aromatic carbocycles. The number of para-hydroxylation sites is 1. The van der Waals surface area contributed by atoms with Crippen LogP contribution in [0, 0.1) is 17.8 Å². The Morgan fingerprint density at radius 2 is 1.68 bits per heavy atom. The number of ether oxygens (including phenoxy) is 1. The summed E-state index contributed by atoms with van der Waals surface area (Å²) >= 11 is 0. The monoisotopic (exact) mass is 548 g/mol. The largest absolute Gasteiger partial charge is 0.491 e. The third kappa shape index (κ3) is 8.31. The van der Waals surface area contributed by atoms with E-state index in [1.54, 1.807) is 6.92 Å². The Morgan fingerprint density at radius 3 is 2.35 bits per heavy atom. The highest BCUT2D eigenvalue weighted by atomic mass is 16.5. The van der Waals surface area contributed by atoms with Crippen LogP contribution in [0.1, 0.15) is 38.8 Å². The molecule has 0 radical (unpaired) electrons. The van der Waals surface area contributed by atoms with Crippen molar-refractivity contribution in [3.05, 3.63) is 65.7 Å². The van der Waals surface area contributed by atoms with Crippen LogP contribution in [0.25, 0.3) is 0 Å². The van der Waals surface area contributed by atoms with Gasteiger partial charge in [-0.25, -0.2) is 0 Å². The van der Waals surface area contributed by atoms with Crippen LogP contribution in [0.3, 0.4) is 0 Å². The molecular formula is C31H40N4O5. The van der Waals surface area contributed by atoms with Gasteiger partial charge in [0.25, 0.3) is 0 Å². The Hall–Kier alpha value is -3.87. The quantitative estimate of drug-likeness (QED) is 0.430. The van der Waals surface area contributed by atoms with Gasteiger partial charge in [-0.1, -0.05) is 68.2 Å². The van der Waals surface area contributed by atoms with E-state index >= 15 is 0 Å². The summed E-state index contributed by atoms with van der Waals surface area (Å²) < 4.78 is 5.96. The second-order valence-electron chi connectivity index (χ2n) is 10.4. The highest BCUT2D eigenvalue weighted by molar-refractivity contribution is 5.93. The summed E-state index contributed by atoms with van der Waals surface area (Å²) in [7, 11) is 1.49. The summed E-state index contributed by atoms with van der Waals surface area (Å²) in [6.45, 7) is 7.68. The van der Waals surface area contributed by atoms with E-state index in [0.717, 1.165) is 5.56 Å². The van der Waals surface area contributed by atoms with E-state index in [9.17, 15) is 19.5 Å². The number of nitrogens with one attached hydrogen (secondary N) is 3. The number of aliphatic hydroxyl groups is 1. The number of amides is 3. The summed E-state index contributed by atoms with van der Waals surface area (Å²) in [6.07, 6.45) is -0.965. The first-order valence-corrected chi connectivity index (χ1v) is 13.6. The second-order valence-corrected chi connectivity index (χ2v) is 10.4. The highest BCUT2D eigenvalue weighted by Crippen LogP contribution is 2.17. The molecule has 0 aliphatic carbocycles. The fourth-order valence-electron chi connectivity index (χ4n) is 4.61. The lowest BCUT2D eigenvalue weighted by molar-refractivity contribution is -0.145. The summed E-state index contributed by atoms with van der Waals surface area (Å²) in [5.41, 5.74) is 1.52. The number of carbonyl (C=O) groups is 3. The van der Waals surface area contributed by atoms with E-state index in [0.29, 0.717) is 17.9 Å². The maximum atomic E-state index is 13.6. The Kier molecular flexibility index (Phi) is 11.1. The number of likely N-dealkylation sites (N-methyl/N-ethyl adjacent to an activating group) is 1. The number of carbonyl (C=O) groups excluding carboxylic acids is 3. The predicted molar refractivity (Wildman–Crippen MR) is 153 cm³/mol. The zero-order valence-electron chi connectivity index (χ0n) is 23.8. The van der Waals surface area contributed by atoms with Crippen LogP contribution in [0.15, 0.2) is 54.6 Å². The normalized spacial score (nSPS) is 23.9. The molecule has 3 rings (SSSR count). The Bertz CT molecular complexity index is 1220. The summed E-state index contributed by atoms with van der Waals surface area (Å²) in [5.74, 6) is 5.23. The number of rotatable bonds is 4. The van der Waals surface area contributed by atoms with Crippen molar-refractivity contribution in [1.82, 2.24) is 20.9 Å². The Labute approximate surface area is 236 Å². The Morgan fingerprint density at radius 1 is 1.00 bits per heavy atom. The topological polar surface area (TPSA) is 120 Å². The highest BCUT2D eigenvalue weighted by Gasteiger charge is 2.37. The molecule has 214 valence electrons. The summed E-state index contributed by atoms with van der Waals surface area (Å²) in [4.78, 5) is 41.7. The van der Waals surface area contributed by atoms with Gasteiger partial charge in [-0.05, 0) is 37.5 Å². The van der Waals surface area contributed by atoms with Crippen molar-refractivity contribution in [2.24, 2.45) is 5.92 Å². The molecule has 5 unspecified atom stereocenters. The lowest BCUT2D eigenvalue weighted by Gasteiger charge is -2.34. The fourth-order valence-corrected chi connectivity index (χ4v) is 4.61. The van der Waals surface area contributed by atoms with Crippen molar-refractivity contribution in [1.29, 1.82) is 0 Å². The molecule has 0 saturated carbocycles. The zero-order valence-corrected chi connectivity index (χ0v) is 23.8. The second kappa shape index (κ2) is 14.5. The summed E-state index contributed by atoms with van der Waals surface area (Å²) in [5, 5.41) is 19.5. The van der Waals surface area contributed by atoms with Crippen LogP contribution in [-0.4, -0.2) is 78.2 Å². The minimum atomic E-state index is -1.21. The maximum absolute atomic E-state index is 13.6. The van der Waals surface area contributed by atoms with Gasteiger partial charge in [-0.3, -0.25) is 14.4 Å². The molecule has 1 heterocycles. The van der Waals surface area contributed by atoms with Gasteiger partial charge in [0.15, 0.2) is 0 Å². The minimum Gasteiger partial charge on any atom is -0.491 e. The van der Waals surface area contributed by atoms with Crippen molar-refractivity contribution >= 4 is 17.7 Å². The molecule has 0 spiro atoms. The molecule has 0 bridgehead atoms. The van der Waals surface area contributed by atoms with Gasteiger partial charge >= 0.3 is 0 Å². The van der Waals surface area contributed by atoms with E-state index in [1.807, 2.05) is 68.4 Å². The van der Waals surface area contributed by atoms with Crippen LogP contribution in [0.4, 0.5) is 0 Å². The molecule has 4 N–H and O–H groups in total. The molecular weight excluding hydrogens is 508 g/mol. The predicted octanol–water partition coefficient (Wildman–Crippen LogP) is 1.48. The van der Waals surface area contributed by atoms with Crippen LogP contribution < -0.4 is 20.7 Å². The average Bonchev–Trinajstić information content (AvgIpc) is 2.91. The van der Waals surface area contributed by atoms with E-state index < -0.39 is 42.1 Å². The zero-order chi connectivity index (χ0) is 29.2. The lowest BCUT2D eigenvalue weighted by Crippen LogP contribution is -2.61. The van der Waals surface area contributed by atoms with Gasteiger partial charge in [0.1, 0.15) is 24.4 Å². The van der Waals surface area contributed by atoms with E-state index in [2.05, 4.69) is 27.8 Å². The van der Waals surface area contributed by atoms with Crippen LogP contribution >= 0.6 is 0 Å². The minimum absolute atomic E-state index is 0.102. The third-order valence-corrected chi connectivity index (χ3v) is 6.73. The van der Waals surface area contributed by atoms with Crippen LogP contribution in [0.2, 0.25) is 0 Å². The van der Waals surface area contributed by atoms with Gasteiger partial charge in [0.2, 0.25) is 17.7 Å². The van der Waals surface area contributed by atoms with E-state index in [1.165, 1.54) is 18.9 Å². The molecule has 40 heavy (non-hydrogen) atoms. The van der Waals surface area contributed by atoms with Gasteiger partial charge in [0, 0.05) is 20.0 Å². The smallest absolute Gasteiger partial charge is 0.246 e. The molecule has 1 aliphatic heterocycles. The van der Waals surface area contributed by atoms with E-state index in [4.69, 9.17) is 4.74 Å². The maximum Gasteiger partial charge on any atom is 0.246 e. The molecule has 9 heteroatoms. The number of hydrogen-bond donors (Lipinski definition) is 4. The molecule has 1 aliphatic rings. The molecule has 2 aromatic rings. The van der Waals surface area contributed by atoms with Gasteiger partial charge in [-0.2, -0.15) is 0 Å². The number of fused-ring (bicyclic) bond motifs is 1. The summed E-state index contributed by atoms with van der Waals surface area (Å²) in [6, 6.07) is 13.4. The van der Waals surface area contributed by atoms with Gasteiger partial charge < -0.3 is 30.7 Å².